The molecule has 2 unspecified atom stereocenters. The smallest absolute Gasteiger partial charge is 0.323 e. The van der Waals surface area contributed by atoms with Crippen molar-refractivity contribution in [2.45, 2.75) is 12.1 Å². The number of nitrogens with zero attached hydrogens (tertiary/aromatic N) is 2. The summed E-state index contributed by atoms with van der Waals surface area (Å²) >= 11 is 0. The van der Waals surface area contributed by atoms with E-state index in [9.17, 15) is 14.7 Å². The van der Waals surface area contributed by atoms with E-state index in [0.29, 0.717) is 58.2 Å². The van der Waals surface area contributed by atoms with Gasteiger partial charge in [0.25, 0.3) is 0 Å². The quantitative estimate of drug-likeness (QED) is 0.596. The van der Waals surface area contributed by atoms with Crippen molar-refractivity contribution in [3.8, 4) is 0 Å². The number of Topliss-reactive ketones (excluding diaryl/α,β-unsaturated/α-hetero) is 1. The lowest BCUT2D eigenvalue weighted by Crippen LogP contribution is -2.62. The Morgan fingerprint density at radius 2 is 1.26 bits per heavy atom. The Kier molecular flexibility index (Phi) is 9.85. The monoisotopic (exact) mass is 435 g/mol. The fourth-order valence-electron chi connectivity index (χ4n) is 4.00. The third kappa shape index (κ3) is 7.06. The average Bonchev–Trinajstić information content (AvgIpc) is 2.85. The molecule has 2 N–H and O–H groups in total. The Morgan fingerprint density at radius 3 is 1.68 bits per heavy atom. The molecule has 9 nitrogen and oxygen atoms in total. The Hall–Kier alpha value is -1.88. The van der Waals surface area contributed by atoms with Crippen LogP contribution >= 0.6 is 0 Å². The number of ether oxygens (including phenoxy) is 3. The molecule has 0 spiro atoms. The molecule has 0 aliphatic carbocycles. The number of aliphatic carboxylic acids is 1. The van der Waals surface area contributed by atoms with Gasteiger partial charge in [0.05, 0.1) is 39.6 Å². The normalized spacial score (nSPS) is 22.6. The zero-order valence-corrected chi connectivity index (χ0v) is 17.9. The van der Waals surface area contributed by atoms with Crippen LogP contribution in [0.1, 0.15) is 10.4 Å². The van der Waals surface area contributed by atoms with E-state index in [4.69, 9.17) is 14.2 Å². The molecule has 3 saturated heterocycles. The maximum Gasteiger partial charge on any atom is 0.323 e. The van der Waals surface area contributed by atoms with Crippen LogP contribution < -0.4 is 5.32 Å². The molecule has 3 aliphatic rings. The Balaban J connectivity index is 0.000000391. The molecular formula is C22H33N3O6. The molecule has 3 heterocycles. The first-order valence-corrected chi connectivity index (χ1v) is 10.9. The van der Waals surface area contributed by atoms with Gasteiger partial charge in [-0.3, -0.25) is 19.4 Å². The lowest BCUT2D eigenvalue weighted by molar-refractivity contribution is -0.148. The minimum atomic E-state index is -0.970. The number of rotatable bonds is 6. The van der Waals surface area contributed by atoms with E-state index < -0.39 is 18.1 Å². The average molecular weight is 436 g/mol. The highest BCUT2D eigenvalue weighted by molar-refractivity contribution is 6.03. The van der Waals surface area contributed by atoms with Gasteiger partial charge >= 0.3 is 5.97 Å². The molecule has 0 radical (unpaired) electrons. The first-order chi connectivity index (χ1) is 15.2. The molecule has 9 heteroatoms. The summed E-state index contributed by atoms with van der Waals surface area (Å²) in [6.45, 7) is 7.95. The van der Waals surface area contributed by atoms with E-state index in [0.717, 1.165) is 26.3 Å². The number of carbonyl (C=O) groups is 2. The Morgan fingerprint density at radius 1 is 0.774 bits per heavy atom. The van der Waals surface area contributed by atoms with Crippen LogP contribution in [0.4, 0.5) is 0 Å². The van der Waals surface area contributed by atoms with Crippen LogP contribution in [-0.4, -0.2) is 118 Å². The summed E-state index contributed by atoms with van der Waals surface area (Å²) in [5.41, 5.74) is 0.540. The molecule has 31 heavy (non-hydrogen) atoms. The van der Waals surface area contributed by atoms with E-state index in [-0.39, 0.29) is 5.78 Å². The van der Waals surface area contributed by atoms with E-state index >= 15 is 0 Å². The molecule has 4 rings (SSSR count). The Labute approximate surface area is 183 Å². The van der Waals surface area contributed by atoms with Crippen LogP contribution in [0.3, 0.4) is 0 Å². The summed E-state index contributed by atoms with van der Waals surface area (Å²) in [6.07, 6.45) is 0. The molecule has 0 aromatic heterocycles. The van der Waals surface area contributed by atoms with Crippen molar-refractivity contribution >= 4 is 11.8 Å². The van der Waals surface area contributed by atoms with Gasteiger partial charge in [0.15, 0.2) is 5.78 Å². The van der Waals surface area contributed by atoms with Crippen LogP contribution in [0.15, 0.2) is 30.3 Å². The number of hydrogen-bond donors (Lipinski definition) is 2. The van der Waals surface area contributed by atoms with Gasteiger partial charge in [0.1, 0.15) is 12.1 Å². The molecule has 1 aromatic rings. The van der Waals surface area contributed by atoms with Gasteiger partial charge in [0, 0.05) is 44.8 Å². The summed E-state index contributed by atoms with van der Waals surface area (Å²) in [4.78, 5) is 29.2. The van der Waals surface area contributed by atoms with E-state index in [1.807, 2.05) is 15.9 Å². The molecule has 0 amide bonds. The van der Waals surface area contributed by atoms with Gasteiger partial charge in [-0.2, -0.15) is 0 Å². The van der Waals surface area contributed by atoms with Gasteiger partial charge in [0.2, 0.25) is 0 Å². The number of benzene rings is 1. The van der Waals surface area contributed by atoms with Gasteiger partial charge in [-0.15, -0.1) is 0 Å². The number of morpholine rings is 3. The molecule has 3 fully saturated rings. The number of nitrogens with one attached hydrogen (secondary N) is 1. The van der Waals surface area contributed by atoms with E-state index in [2.05, 4.69) is 5.32 Å². The fraction of sp³-hybridized carbons (Fsp3) is 0.636. The van der Waals surface area contributed by atoms with Crippen molar-refractivity contribution in [2.24, 2.45) is 0 Å². The molecule has 0 saturated carbocycles. The number of carboxylic acids is 1. The fourth-order valence-corrected chi connectivity index (χ4v) is 4.00. The van der Waals surface area contributed by atoms with E-state index in [1.54, 1.807) is 24.3 Å². The Bertz CT molecular complexity index is 662. The lowest BCUT2D eigenvalue weighted by Gasteiger charge is -2.41. The van der Waals surface area contributed by atoms with Gasteiger partial charge in [-0.25, -0.2) is 0 Å². The second-order valence-corrected chi connectivity index (χ2v) is 7.62. The largest absolute Gasteiger partial charge is 0.480 e. The molecule has 3 aliphatic heterocycles. The minimum absolute atomic E-state index is 0.151. The molecule has 0 bridgehead atoms. The second-order valence-electron chi connectivity index (χ2n) is 7.62. The van der Waals surface area contributed by atoms with Crippen LogP contribution in [0.25, 0.3) is 0 Å². The van der Waals surface area contributed by atoms with E-state index in [1.165, 1.54) is 0 Å². The molecule has 2 atom stereocenters. The zero-order valence-electron chi connectivity index (χ0n) is 17.9. The topological polar surface area (TPSA) is 101 Å². The van der Waals surface area contributed by atoms with Crippen molar-refractivity contribution in [3.63, 3.8) is 0 Å². The third-order valence-electron chi connectivity index (χ3n) is 5.60. The van der Waals surface area contributed by atoms with Gasteiger partial charge in [-0.05, 0) is 0 Å². The zero-order chi connectivity index (χ0) is 21.9. The third-order valence-corrected chi connectivity index (χ3v) is 5.60. The summed E-state index contributed by atoms with van der Waals surface area (Å²) < 4.78 is 15.7. The van der Waals surface area contributed by atoms with Crippen LogP contribution in [0.5, 0.6) is 0 Å². The van der Waals surface area contributed by atoms with Crippen LogP contribution in [0.2, 0.25) is 0 Å². The van der Waals surface area contributed by atoms with Crippen LogP contribution in [-0.2, 0) is 19.0 Å². The predicted molar refractivity (Wildman–Crippen MR) is 114 cm³/mol. The van der Waals surface area contributed by atoms with Crippen molar-refractivity contribution in [3.05, 3.63) is 35.9 Å². The minimum Gasteiger partial charge on any atom is -0.480 e. The highest BCUT2D eigenvalue weighted by Gasteiger charge is 2.42. The second kappa shape index (κ2) is 12.8. The lowest BCUT2D eigenvalue weighted by atomic mass is 9.94. The highest BCUT2D eigenvalue weighted by atomic mass is 16.5. The molecule has 172 valence electrons. The summed E-state index contributed by atoms with van der Waals surface area (Å²) in [7, 11) is 0. The summed E-state index contributed by atoms with van der Waals surface area (Å²) in [5, 5.41) is 13.1. The standard InChI is InChI=1S/C18H24N2O5.C4H9NO/c21-17(14-4-2-1-3-5-14)15(19-6-10-24-11-7-19)16(18(22)23)20-8-12-25-13-9-20;1-3-6-4-2-5-1/h1-5,15-16H,6-13H2,(H,22,23);5H,1-4H2. The van der Waals surface area contributed by atoms with Crippen molar-refractivity contribution in [2.75, 3.05) is 78.9 Å². The molecular weight excluding hydrogens is 402 g/mol. The van der Waals surface area contributed by atoms with Crippen molar-refractivity contribution in [1.29, 1.82) is 0 Å². The number of carboxylic acid groups (broad SMARTS) is 1. The van der Waals surface area contributed by atoms with Gasteiger partial charge in [-0.1, -0.05) is 30.3 Å². The summed E-state index contributed by atoms with van der Waals surface area (Å²) in [5.74, 6) is -1.12. The predicted octanol–water partition coefficient (Wildman–Crippen LogP) is -0.0383. The van der Waals surface area contributed by atoms with Crippen molar-refractivity contribution < 1.29 is 28.9 Å². The summed E-state index contributed by atoms with van der Waals surface area (Å²) in [6, 6.07) is 7.30. The maximum atomic E-state index is 13.2. The number of ketones is 1. The first kappa shape index (κ1) is 23.8. The van der Waals surface area contributed by atoms with Crippen molar-refractivity contribution in [1.82, 2.24) is 15.1 Å². The van der Waals surface area contributed by atoms with Crippen LogP contribution in [0, 0.1) is 0 Å². The number of carbonyl (C=O) groups excluding carboxylic acids is 1. The maximum absolute atomic E-state index is 13.2. The highest BCUT2D eigenvalue weighted by Crippen LogP contribution is 2.20. The first-order valence-electron chi connectivity index (χ1n) is 10.9. The van der Waals surface area contributed by atoms with Gasteiger partial charge < -0.3 is 24.6 Å². The number of hydrogen-bond acceptors (Lipinski definition) is 8. The molecule has 1 aromatic carbocycles. The SMILES string of the molecule is C1COCCN1.O=C(O)C(C(C(=O)c1ccccc1)N1CCOCC1)N1CCOCC1.